The molecule has 124 valence electrons. The van der Waals surface area contributed by atoms with Crippen LogP contribution >= 0.6 is 0 Å². The molecule has 1 aliphatic heterocycles. The van der Waals surface area contributed by atoms with Crippen molar-refractivity contribution in [3.63, 3.8) is 0 Å². The van der Waals surface area contributed by atoms with Crippen LogP contribution in [0.25, 0.3) is 10.9 Å². The van der Waals surface area contributed by atoms with Crippen LogP contribution in [0.2, 0.25) is 0 Å². The van der Waals surface area contributed by atoms with Crippen LogP contribution in [0.3, 0.4) is 0 Å². The van der Waals surface area contributed by atoms with E-state index in [0.717, 1.165) is 44.1 Å². The summed E-state index contributed by atoms with van der Waals surface area (Å²) in [5.74, 6) is 0. The Morgan fingerprint density at radius 1 is 1.21 bits per heavy atom. The molecule has 0 saturated heterocycles. The molecular formula is C19H22N4O. The number of pyridine rings is 1. The highest BCUT2D eigenvalue weighted by Crippen LogP contribution is 2.23. The van der Waals surface area contributed by atoms with Crippen LogP contribution in [0.5, 0.6) is 0 Å². The van der Waals surface area contributed by atoms with Gasteiger partial charge >= 0.3 is 0 Å². The molecule has 1 aliphatic rings. The number of rotatable bonds is 5. The smallest absolute Gasteiger partial charge is 0.0952 e. The number of fused-ring (bicyclic) bond motifs is 2. The molecule has 1 atom stereocenters. The Hall–Kier alpha value is -2.24. The first-order valence-electron chi connectivity index (χ1n) is 8.49. The fraction of sp³-hybridized carbons (Fsp3) is 0.368. The summed E-state index contributed by atoms with van der Waals surface area (Å²) in [6.45, 7) is 6.20. The number of imidazole rings is 1. The van der Waals surface area contributed by atoms with Gasteiger partial charge in [0.1, 0.15) is 0 Å². The lowest BCUT2D eigenvalue weighted by Gasteiger charge is -2.34. The maximum atomic E-state index is 5.66. The number of aromatic nitrogens is 3. The SMILES string of the molecule is CCOC[C@@H]1CN(Cc2ccc3ccccc3n2)Cc2cncn21. The Bertz CT molecular complexity index is 829. The molecule has 3 heterocycles. The zero-order chi connectivity index (χ0) is 16.4. The van der Waals surface area contributed by atoms with Crippen molar-refractivity contribution in [3.05, 3.63) is 60.3 Å². The molecule has 3 aromatic rings. The summed E-state index contributed by atoms with van der Waals surface area (Å²) < 4.78 is 7.91. The van der Waals surface area contributed by atoms with Crippen molar-refractivity contribution >= 4 is 10.9 Å². The van der Waals surface area contributed by atoms with E-state index in [1.54, 1.807) is 0 Å². The molecule has 0 unspecified atom stereocenters. The molecule has 0 radical (unpaired) electrons. The lowest BCUT2D eigenvalue weighted by molar-refractivity contribution is 0.0741. The van der Waals surface area contributed by atoms with E-state index >= 15 is 0 Å². The monoisotopic (exact) mass is 322 g/mol. The van der Waals surface area contributed by atoms with Crippen LogP contribution in [0.15, 0.2) is 48.9 Å². The fourth-order valence-electron chi connectivity index (χ4n) is 3.40. The summed E-state index contributed by atoms with van der Waals surface area (Å²) in [6, 6.07) is 12.9. The third-order valence-electron chi connectivity index (χ3n) is 4.55. The number of benzene rings is 1. The van der Waals surface area contributed by atoms with Crippen molar-refractivity contribution in [1.82, 2.24) is 19.4 Å². The lowest BCUT2D eigenvalue weighted by Crippen LogP contribution is -2.38. The van der Waals surface area contributed by atoms with Crippen LogP contribution in [-0.2, 0) is 17.8 Å². The predicted octanol–water partition coefficient (Wildman–Crippen LogP) is 3.02. The van der Waals surface area contributed by atoms with Gasteiger partial charge < -0.3 is 9.30 Å². The van der Waals surface area contributed by atoms with E-state index in [0.29, 0.717) is 6.04 Å². The number of ether oxygens (including phenoxy) is 1. The Balaban J connectivity index is 1.53. The topological polar surface area (TPSA) is 43.2 Å². The number of hydrogen-bond acceptors (Lipinski definition) is 4. The largest absolute Gasteiger partial charge is 0.380 e. The molecule has 0 spiro atoms. The highest BCUT2D eigenvalue weighted by molar-refractivity contribution is 5.78. The van der Waals surface area contributed by atoms with Crippen LogP contribution < -0.4 is 0 Å². The van der Waals surface area contributed by atoms with Crippen molar-refractivity contribution in [2.24, 2.45) is 0 Å². The van der Waals surface area contributed by atoms with Crippen molar-refractivity contribution in [1.29, 1.82) is 0 Å². The average molecular weight is 322 g/mol. The second kappa shape index (κ2) is 6.71. The molecule has 0 saturated carbocycles. The number of para-hydroxylation sites is 1. The first-order valence-corrected chi connectivity index (χ1v) is 8.49. The van der Waals surface area contributed by atoms with Gasteiger partial charge in [0.25, 0.3) is 0 Å². The summed E-state index contributed by atoms with van der Waals surface area (Å²) in [4.78, 5) is 11.5. The Kier molecular flexibility index (Phi) is 4.28. The van der Waals surface area contributed by atoms with Gasteiger partial charge in [-0.25, -0.2) is 4.98 Å². The van der Waals surface area contributed by atoms with Gasteiger partial charge in [0.2, 0.25) is 0 Å². The maximum absolute atomic E-state index is 5.66. The molecule has 2 aromatic heterocycles. The van der Waals surface area contributed by atoms with Crippen molar-refractivity contribution in [2.75, 3.05) is 19.8 Å². The molecule has 0 bridgehead atoms. The standard InChI is InChI=1S/C19H22N4O/c1-2-24-13-18-12-22(11-17-9-20-14-23(17)18)10-16-8-7-15-5-3-4-6-19(15)21-16/h3-9,14,18H,2,10-13H2,1H3/t18-/m0/s1. The molecule has 0 amide bonds. The summed E-state index contributed by atoms with van der Waals surface area (Å²) >= 11 is 0. The molecule has 4 rings (SSSR count). The van der Waals surface area contributed by atoms with E-state index in [9.17, 15) is 0 Å². The second-order valence-corrected chi connectivity index (χ2v) is 6.27. The Morgan fingerprint density at radius 3 is 3.04 bits per heavy atom. The third-order valence-corrected chi connectivity index (χ3v) is 4.55. The Labute approximate surface area is 141 Å². The number of hydrogen-bond donors (Lipinski definition) is 0. The number of nitrogens with zero attached hydrogens (tertiary/aromatic N) is 4. The third kappa shape index (κ3) is 3.05. The molecule has 0 fully saturated rings. The minimum Gasteiger partial charge on any atom is -0.380 e. The average Bonchev–Trinajstić information content (AvgIpc) is 3.08. The van der Waals surface area contributed by atoms with Gasteiger partial charge in [-0.1, -0.05) is 24.3 Å². The predicted molar refractivity (Wildman–Crippen MR) is 93.6 cm³/mol. The van der Waals surface area contributed by atoms with Crippen molar-refractivity contribution in [2.45, 2.75) is 26.1 Å². The van der Waals surface area contributed by atoms with Gasteiger partial charge in [0.15, 0.2) is 0 Å². The van der Waals surface area contributed by atoms with Gasteiger partial charge in [0, 0.05) is 37.8 Å². The highest BCUT2D eigenvalue weighted by atomic mass is 16.5. The maximum Gasteiger partial charge on any atom is 0.0952 e. The summed E-state index contributed by atoms with van der Waals surface area (Å²) in [5, 5.41) is 1.19. The summed E-state index contributed by atoms with van der Waals surface area (Å²) in [6.07, 6.45) is 3.88. The zero-order valence-electron chi connectivity index (χ0n) is 13.9. The van der Waals surface area contributed by atoms with Gasteiger partial charge in [-0.3, -0.25) is 9.88 Å². The normalized spacial score (nSPS) is 18.0. The Morgan fingerprint density at radius 2 is 2.12 bits per heavy atom. The fourth-order valence-corrected chi connectivity index (χ4v) is 3.40. The molecule has 0 aliphatic carbocycles. The summed E-state index contributed by atoms with van der Waals surface area (Å²) in [5.41, 5.74) is 3.41. The van der Waals surface area contributed by atoms with Crippen LogP contribution in [0.4, 0.5) is 0 Å². The minimum absolute atomic E-state index is 0.316. The van der Waals surface area contributed by atoms with E-state index in [-0.39, 0.29) is 0 Å². The molecule has 5 heteroatoms. The molecule has 5 nitrogen and oxygen atoms in total. The highest BCUT2D eigenvalue weighted by Gasteiger charge is 2.25. The molecule has 0 N–H and O–H groups in total. The van der Waals surface area contributed by atoms with Gasteiger partial charge in [-0.05, 0) is 19.1 Å². The lowest BCUT2D eigenvalue weighted by atomic mass is 10.1. The second-order valence-electron chi connectivity index (χ2n) is 6.27. The first kappa shape index (κ1) is 15.3. The van der Waals surface area contributed by atoms with Gasteiger partial charge in [-0.2, -0.15) is 0 Å². The van der Waals surface area contributed by atoms with Crippen LogP contribution in [0, 0.1) is 0 Å². The zero-order valence-corrected chi connectivity index (χ0v) is 13.9. The van der Waals surface area contributed by atoms with Crippen molar-refractivity contribution in [3.8, 4) is 0 Å². The van der Waals surface area contributed by atoms with Crippen molar-refractivity contribution < 1.29 is 4.74 Å². The van der Waals surface area contributed by atoms with E-state index in [2.05, 4.69) is 38.7 Å². The summed E-state index contributed by atoms with van der Waals surface area (Å²) in [7, 11) is 0. The van der Waals surface area contributed by atoms with Crippen LogP contribution in [-0.4, -0.2) is 39.2 Å². The van der Waals surface area contributed by atoms with Gasteiger partial charge in [-0.15, -0.1) is 0 Å². The first-order chi connectivity index (χ1) is 11.8. The van der Waals surface area contributed by atoms with E-state index in [1.807, 2.05) is 31.6 Å². The molecule has 24 heavy (non-hydrogen) atoms. The minimum atomic E-state index is 0.316. The van der Waals surface area contributed by atoms with E-state index in [1.165, 1.54) is 11.1 Å². The van der Waals surface area contributed by atoms with Crippen LogP contribution in [0.1, 0.15) is 24.4 Å². The quantitative estimate of drug-likeness (QED) is 0.724. The van der Waals surface area contributed by atoms with E-state index in [4.69, 9.17) is 9.72 Å². The van der Waals surface area contributed by atoms with E-state index < -0.39 is 0 Å². The molecule has 1 aromatic carbocycles. The molecular weight excluding hydrogens is 300 g/mol. The van der Waals surface area contributed by atoms with Gasteiger partial charge in [0.05, 0.1) is 35.9 Å².